The summed E-state index contributed by atoms with van der Waals surface area (Å²) >= 11 is 4.81. The van der Waals surface area contributed by atoms with Crippen LogP contribution < -0.4 is 19.9 Å². The quantitative estimate of drug-likeness (QED) is 0.669. The Balaban J connectivity index is 3.03. The van der Waals surface area contributed by atoms with Gasteiger partial charge in [0, 0.05) is 5.56 Å². The van der Waals surface area contributed by atoms with Crippen molar-refractivity contribution in [2.75, 3.05) is 18.9 Å². The fourth-order valence-electron chi connectivity index (χ4n) is 1.25. The van der Waals surface area contributed by atoms with Gasteiger partial charge in [0.1, 0.15) is 10.7 Å². The van der Waals surface area contributed by atoms with Crippen molar-refractivity contribution >= 4 is 39.2 Å². The third-order valence-corrected chi connectivity index (χ3v) is 3.29. The number of nitrogens with two attached hydrogens (primary N) is 1. The second-order valence-corrected chi connectivity index (χ2v) is 5.33. The lowest BCUT2D eigenvalue weighted by molar-refractivity contribution is 0.177. The Morgan fingerprint density at radius 3 is 2.50 bits per heavy atom. The number of hydrogen-bond donors (Lipinski definition) is 3. The predicted octanol–water partition coefficient (Wildman–Crippen LogP) is 0.342. The molecule has 0 heterocycles. The number of hydrogen-bond acceptors (Lipinski definition) is 6. The van der Waals surface area contributed by atoms with Crippen molar-refractivity contribution in [1.29, 1.82) is 0 Å². The van der Waals surface area contributed by atoms with Gasteiger partial charge in [0.15, 0.2) is 0 Å². The number of thiocarbonyl (C=S) groups is 1. The summed E-state index contributed by atoms with van der Waals surface area (Å²) in [7, 11) is -1.73. The van der Waals surface area contributed by atoms with Crippen LogP contribution in [0.2, 0.25) is 0 Å². The van der Waals surface area contributed by atoms with Gasteiger partial charge < -0.3 is 15.2 Å². The number of rotatable bonds is 5. The molecule has 1 aromatic rings. The largest absolute Gasteiger partial charge is 0.495 e. The molecule has 0 bridgehead atoms. The predicted molar refractivity (Wildman–Crippen MR) is 77.0 cm³/mol. The van der Waals surface area contributed by atoms with E-state index in [9.17, 15) is 13.2 Å². The molecule has 1 aromatic carbocycles. The molecule has 4 N–H and O–H groups in total. The first-order valence-electron chi connectivity index (χ1n) is 5.15. The molecule has 0 aliphatic carbocycles. The van der Waals surface area contributed by atoms with E-state index in [1.54, 1.807) is 4.72 Å². The van der Waals surface area contributed by atoms with Crippen molar-refractivity contribution in [1.82, 2.24) is 4.72 Å². The zero-order valence-corrected chi connectivity index (χ0v) is 12.3. The Morgan fingerprint density at radius 1 is 1.35 bits per heavy atom. The van der Waals surface area contributed by atoms with E-state index in [0.29, 0.717) is 5.56 Å². The monoisotopic (exact) mass is 319 g/mol. The smallest absolute Gasteiger partial charge is 0.422 e. The number of carbonyl (C=O) groups excluding carboxylic acids is 1. The first-order valence-corrected chi connectivity index (χ1v) is 7.04. The Kier molecular flexibility index (Phi) is 5.11. The molecule has 0 aromatic heterocycles. The zero-order valence-electron chi connectivity index (χ0n) is 10.7. The number of nitrogens with one attached hydrogen (secondary N) is 2. The molecule has 0 spiro atoms. The van der Waals surface area contributed by atoms with E-state index in [2.05, 4.69) is 9.46 Å². The third-order valence-electron chi connectivity index (χ3n) is 2.13. The first-order chi connectivity index (χ1) is 9.29. The molecule has 0 atom stereocenters. The van der Waals surface area contributed by atoms with Crippen LogP contribution in [-0.4, -0.2) is 33.7 Å². The van der Waals surface area contributed by atoms with Gasteiger partial charge in [-0.1, -0.05) is 12.2 Å². The maximum atomic E-state index is 11.6. The van der Waals surface area contributed by atoms with Gasteiger partial charge in [-0.15, -0.1) is 0 Å². The molecule has 0 aliphatic heterocycles. The van der Waals surface area contributed by atoms with Crippen LogP contribution in [-0.2, 0) is 14.9 Å². The van der Waals surface area contributed by atoms with Gasteiger partial charge in [-0.25, -0.2) is 9.52 Å². The van der Waals surface area contributed by atoms with Gasteiger partial charge in [-0.05, 0) is 18.2 Å². The van der Waals surface area contributed by atoms with Gasteiger partial charge >= 0.3 is 16.3 Å². The highest BCUT2D eigenvalue weighted by atomic mass is 32.2. The van der Waals surface area contributed by atoms with Crippen LogP contribution in [0.3, 0.4) is 0 Å². The number of benzene rings is 1. The van der Waals surface area contributed by atoms with Crippen LogP contribution in [0.15, 0.2) is 18.2 Å². The summed E-state index contributed by atoms with van der Waals surface area (Å²) in [5.41, 5.74) is 6.09. The highest BCUT2D eigenvalue weighted by Gasteiger charge is 2.17. The molecule has 1 rings (SSSR count). The minimum Gasteiger partial charge on any atom is -0.495 e. The lowest BCUT2D eigenvalue weighted by Crippen LogP contribution is -2.35. The van der Waals surface area contributed by atoms with Crippen LogP contribution >= 0.6 is 12.2 Å². The van der Waals surface area contributed by atoms with Crippen molar-refractivity contribution in [2.24, 2.45) is 5.73 Å². The van der Waals surface area contributed by atoms with E-state index in [0.717, 1.165) is 7.11 Å². The second-order valence-electron chi connectivity index (χ2n) is 3.48. The van der Waals surface area contributed by atoms with E-state index in [1.165, 1.54) is 25.3 Å². The fraction of sp³-hybridized carbons (Fsp3) is 0.200. The highest BCUT2D eigenvalue weighted by molar-refractivity contribution is 7.91. The summed E-state index contributed by atoms with van der Waals surface area (Å²) in [6.07, 6.45) is -1.11. The van der Waals surface area contributed by atoms with Gasteiger partial charge in [0.25, 0.3) is 0 Å². The Morgan fingerprint density at radius 2 is 2.00 bits per heavy atom. The molecule has 0 unspecified atom stereocenters. The molecule has 10 heteroatoms. The van der Waals surface area contributed by atoms with E-state index < -0.39 is 16.3 Å². The summed E-state index contributed by atoms with van der Waals surface area (Å²) in [5, 5.41) is 0. The van der Waals surface area contributed by atoms with Gasteiger partial charge in [-0.2, -0.15) is 8.42 Å². The molecule has 0 saturated carbocycles. The van der Waals surface area contributed by atoms with E-state index >= 15 is 0 Å². The maximum Gasteiger partial charge on any atom is 0.422 e. The molecule has 0 fully saturated rings. The molecule has 110 valence electrons. The Labute approximate surface area is 121 Å². The summed E-state index contributed by atoms with van der Waals surface area (Å²) in [5.74, 6) is 0.200. The van der Waals surface area contributed by atoms with E-state index in [1.807, 2.05) is 0 Å². The summed E-state index contributed by atoms with van der Waals surface area (Å²) in [6.45, 7) is 0. The van der Waals surface area contributed by atoms with Crippen LogP contribution in [0, 0.1) is 0 Å². The van der Waals surface area contributed by atoms with Crippen molar-refractivity contribution in [3.8, 4) is 5.75 Å². The number of carbonyl (C=O) groups is 1. The molecule has 1 amide bonds. The number of anilines is 1. The Bertz CT molecular complexity index is 630. The Hall–Kier alpha value is -2.07. The number of ether oxygens (including phenoxy) is 2. The standard InChI is InChI=1S/C10H13N3O5S2/c1-17-8-5-6(9(11)19)3-4-7(8)12-20(15,16)13-10(14)18-2/h3-5,12H,1-2H3,(H2,11,19)(H,13,14). The molecule has 0 aliphatic rings. The van der Waals surface area contributed by atoms with E-state index in [4.69, 9.17) is 22.7 Å². The summed E-state index contributed by atoms with van der Waals surface area (Å²) in [6, 6.07) is 4.39. The molecular formula is C10H13N3O5S2. The van der Waals surface area contributed by atoms with Crippen molar-refractivity contribution < 1.29 is 22.7 Å². The lowest BCUT2D eigenvalue weighted by atomic mass is 10.2. The third kappa shape index (κ3) is 4.24. The van der Waals surface area contributed by atoms with Crippen LogP contribution in [0.1, 0.15) is 5.56 Å². The van der Waals surface area contributed by atoms with Crippen LogP contribution in [0.4, 0.5) is 10.5 Å². The average Bonchev–Trinajstić information content (AvgIpc) is 2.37. The molecule has 0 radical (unpaired) electrons. The number of methoxy groups -OCH3 is 2. The fourth-order valence-corrected chi connectivity index (χ4v) is 2.19. The normalized spacial score (nSPS) is 10.5. The highest BCUT2D eigenvalue weighted by Crippen LogP contribution is 2.26. The molecule has 8 nitrogen and oxygen atoms in total. The lowest BCUT2D eigenvalue weighted by Gasteiger charge is -2.13. The number of amides is 1. The molecule has 0 saturated heterocycles. The molecule has 20 heavy (non-hydrogen) atoms. The maximum absolute atomic E-state index is 11.6. The van der Waals surface area contributed by atoms with Crippen molar-refractivity contribution in [2.45, 2.75) is 0 Å². The minimum absolute atomic E-state index is 0.115. The minimum atomic E-state index is -4.13. The van der Waals surface area contributed by atoms with Crippen LogP contribution in [0.5, 0.6) is 5.75 Å². The van der Waals surface area contributed by atoms with Crippen LogP contribution in [0.25, 0.3) is 0 Å². The van der Waals surface area contributed by atoms with Gasteiger partial charge in [0.2, 0.25) is 0 Å². The summed E-state index contributed by atoms with van der Waals surface area (Å²) < 4.78 is 36.2. The van der Waals surface area contributed by atoms with Gasteiger partial charge in [0.05, 0.1) is 19.9 Å². The van der Waals surface area contributed by atoms with Crippen molar-refractivity contribution in [3.05, 3.63) is 23.8 Å². The van der Waals surface area contributed by atoms with Crippen molar-refractivity contribution in [3.63, 3.8) is 0 Å². The topological polar surface area (TPSA) is 120 Å². The first kappa shape index (κ1) is 16.0. The average molecular weight is 319 g/mol. The van der Waals surface area contributed by atoms with Gasteiger partial charge in [-0.3, -0.25) is 4.72 Å². The SMILES string of the molecule is COC(=O)NS(=O)(=O)Nc1ccc(C(N)=S)cc1OC. The zero-order chi connectivity index (χ0) is 15.3. The molecular weight excluding hydrogens is 306 g/mol. The second kappa shape index (κ2) is 6.39. The summed E-state index contributed by atoms with van der Waals surface area (Å²) in [4.78, 5) is 11.0. The van der Waals surface area contributed by atoms with E-state index in [-0.39, 0.29) is 16.4 Å².